The second-order valence-electron chi connectivity index (χ2n) is 5.55. The molecule has 0 aliphatic heterocycles. The lowest BCUT2D eigenvalue weighted by atomic mass is 10.2. The fourth-order valence-electron chi connectivity index (χ4n) is 2.46. The van der Waals surface area contributed by atoms with Crippen LogP contribution >= 0.6 is 11.6 Å². The predicted molar refractivity (Wildman–Crippen MR) is 86.0 cm³/mol. The number of halogens is 1. The van der Waals surface area contributed by atoms with E-state index in [4.69, 9.17) is 11.6 Å². The number of benzene rings is 1. The van der Waals surface area contributed by atoms with Crippen LogP contribution in [0.2, 0.25) is 5.02 Å². The standard InChI is InChI=1S/C15H23ClN2O2S/c1-3-5-11-9-15(11)18-21(19,20)13-6-7-14(16)12(8-13)10-17-4-2/h6-8,11,15,17-18H,3-5,9-10H2,1-2H3. The molecular formula is C15H23ClN2O2S. The van der Waals surface area contributed by atoms with E-state index in [1.54, 1.807) is 18.2 Å². The van der Waals surface area contributed by atoms with Crippen molar-refractivity contribution in [3.05, 3.63) is 28.8 Å². The van der Waals surface area contributed by atoms with Gasteiger partial charge in [0.05, 0.1) is 4.90 Å². The van der Waals surface area contributed by atoms with Crippen LogP contribution in [-0.2, 0) is 16.6 Å². The second-order valence-corrected chi connectivity index (χ2v) is 7.67. The van der Waals surface area contributed by atoms with E-state index in [-0.39, 0.29) is 6.04 Å². The molecule has 2 unspecified atom stereocenters. The summed E-state index contributed by atoms with van der Waals surface area (Å²) in [6.45, 7) is 5.50. The fourth-order valence-corrected chi connectivity index (χ4v) is 4.01. The van der Waals surface area contributed by atoms with E-state index in [9.17, 15) is 8.42 Å². The molecule has 2 rings (SSSR count). The van der Waals surface area contributed by atoms with E-state index >= 15 is 0 Å². The quantitative estimate of drug-likeness (QED) is 0.770. The maximum absolute atomic E-state index is 12.4. The molecule has 118 valence electrons. The predicted octanol–water partition coefficient (Wildman–Crippen LogP) is 2.92. The minimum atomic E-state index is -3.45. The molecule has 1 aromatic rings. The number of sulfonamides is 1. The number of hydrogen-bond acceptors (Lipinski definition) is 3. The van der Waals surface area contributed by atoms with Crippen LogP contribution in [0.1, 0.15) is 38.7 Å². The number of hydrogen-bond donors (Lipinski definition) is 2. The summed E-state index contributed by atoms with van der Waals surface area (Å²) in [5.41, 5.74) is 0.808. The smallest absolute Gasteiger partial charge is 0.240 e. The Balaban J connectivity index is 2.09. The lowest BCUT2D eigenvalue weighted by Gasteiger charge is -2.10. The Morgan fingerprint density at radius 3 is 2.76 bits per heavy atom. The van der Waals surface area contributed by atoms with Gasteiger partial charge in [-0.05, 0) is 49.1 Å². The van der Waals surface area contributed by atoms with Crippen molar-refractivity contribution in [2.24, 2.45) is 5.92 Å². The van der Waals surface area contributed by atoms with Gasteiger partial charge >= 0.3 is 0 Å². The summed E-state index contributed by atoms with van der Waals surface area (Å²) in [7, 11) is -3.45. The zero-order chi connectivity index (χ0) is 15.5. The zero-order valence-corrected chi connectivity index (χ0v) is 14.1. The Kier molecular flexibility index (Phi) is 5.66. The number of nitrogens with one attached hydrogen (secondary N) is 2. The molecule has 1 aromatic carbocycles. The highest BCUT2D eigenvalue weighted by atomic mass is 35.5. The van der Waals surface area contributed by atoms with Gasteiger partial charge < -0.3 is 5.32 Å². The molecule has 2 N–H and O–H groups in total. The van der Waals surface area contributed by atoms with E-state index in [0.717, 1.165) is 31.4 Å². The third kappa shape index (κ3) is 4.42. The molecule has 4 nitrogen and oxygen atoms in total. The largest absolute Gasteiger partial charge is 0.313 e. The van der Waals surface area contributed by atoms with Crippen LogP contribution < -0.4 is 10.0 Å². The summed E-state index contributed by atoms with van der Waals surface area (Å²) in [4.78, 5) is 0.293. The van der Waals surface area contributed by atoms with Crippen LogP contribution in [0.3, 0.4) is 0 Å². The Bertz CT molecular complexity index is 589. The van der Waals surface area contributed by atoms with Crippen molar-refractivity contribution in [1.82, 2.24) is 10.0 Å². The van der Waals surface area contributed by atoms with Crippen molar-refractivity contribution in [3.8, 4) is 0 Å². The molecule has 2 atom stereocenters. The van der Waals surface area contributed by atoms with Gasteiger partial charge in [-0.1, -0.05) is 31.9 Å². The first-order valence-electron chi connectivity index (χ1n) is 7.49. The molecule has 6 heteroatoms. The van der Waals surface area contributed by atoms with Gasteiger partial charge in [-0.15, -0.1) is 0 Å². The highest BCUT2D eigenvalue weighted by Gasteiger charge is 2.39. The molecule has 1 aliphatic carbocycles. The maximum atomic E-state index is 12.4. The first-order valence-corrected chi connectivity index (χ1v) is 9.35. The van der Waals surface area contributed by atoms with Gasteiger partial charge in [-0.25, -0.2) is 13.1 Å². The molecule has 0 aromatic heterocycles. The van der Waals surface area contributed by atoms with Gasteiger partial charge in [0.1, 0.15) is 0 Å². The third-order valence-corrected chi connectivity index (χ3v) is 5.64. The average molecular weight is 331 g/mol. The second kappa shape index (κ2) is 7.09. The van der Waals surface area contributed by atoms with E-state index in [0.29, 0.717) is 22.4 Å². The van der Waals surface area contributed by atoms with Crippen LogP contribution in [0.4, 0.5) is 0 Å². The van der Waals surface area contributed by atoms with E-state index in [1.807, 2.05) is 6.92 Å². The summed E-state index contributed by atoms with van der Waals surface area (Å²) in [6.07, 6.45) is 3.13. The Morgan fingerprint density at radius 1 is 1.33 bits per heavy atom. The summed E-state index contributed by atoms with van der Waals surface area (Å²) in [5.74, 6) is 0.498. The van der Waals surface area contributed by atoms with E-state index in [1.165, 1.54) is 0 Å². The van der Waals surface area contributed by atoms with Crippen molar-refractivity contribution in [3.63, 3.8) is 0 Å². The molecule has 0 bridgehead atoms. The Morgan fingerprint density at radius 2 is 2.10 bits per heavy atom. The number of rotatable bonds is 8. The van der Waals surface area contributed by atoms with Crippen LogP contribution in [0.5, 0.6) is 0 Å². The summed E-state index contributed by atoms with van der Waals surface area (Å²) < 4.78 is 27.6. The minimum absolute atomic E-state index is 0.0999. The first-order chi connectivity index (χ1) is 9.97. The van der Waals surface area contributed by atoms with Gasteiger partial charge in [0.2, 0.25) is 10.0 Å². The molecule has 0 amide bonds. The topological polar surface area (TPSA) is 58.2 Å². The van der Waals surface area contributed by atoms with Crippen molar-refractivity contribution in [2.45, 2.75) is 50.6 Å². The van der Waals surface area contributed by atoms with Crippen molar-refractivity contribution < 1.29 is 8.42 Å². The normalized spacial score (nSPS) is 21.5. The lowest BCUT2D eigenvalue weighted by Crippen LogP contribution is -2.27. The third-order valence-electron chi connectivity index (χ3n) is 3.78. The Labute approximate surface area is 132 Å². The van der Waals surface area contributed by atoms with Gasteiger partial charge in [0.15, 0.2) is 0 Å². The average Bonchev–Trinajstić information content (AvgIpc) is 3.15. The monoisotopic (exact) mass is 330 g/mol. The van der Waals surface area contributed by atoms with Crippen LogP contribution in [-0.4, -0.2) is 21.0 Å². The SMILES string of the molecule is CCCC1CC1NS(=O)(=O)c1ccc(Cl)c(CNCC)c1. The van der Waals surface area contributed by atoms with Gasteiger partial charge in [-0.3, -0.25) is 0 Å². The summed E-state index contributed by atoms with van der Waals surface area (Å²) in [6, 6.07) is 4.98. The summed E-state index contributed by atoms with van der Waals surface area (Å²) in [5, 5.41) is 3.75. The van der Waals surface area contributed by atoms with E-state index in [2.05, 4.69) is 17.0 Å². The highest BCUT2D eigenvalue weighted by Crippen LogP contribution is 2.35. The molecular weight excluding hydrogens is 308 g/mol. The fraction of sp³-hybridized carbons (Fsp3) is 0.600. The molecule has 0 saturated heterocycles. The first kappa shape index (κ1) is 16.7. The van der Waals surface area contributed by atoms with Crippen molar-refractivity contribution in [1.29, 1.82) is 0 Å². The van der Waals surface area contributed by atoms with E-state index < -0.39 is 10.0 Å². The maximum Gasteiger partial charge on any atom is 0.240 e. The molecule has 0 radical (unpaired) electrons. The van der Waals surface area contributed by atoms with Gasteiger partial charge in [0.25, 0.3) is 0 Å². The molecule has 1 saturated carbocycles. The Hall–Kier alpha value is -0.620. The highest BCUT2D eigenvalue weighted by molar-refractivity contribution is 7.89. The van der Waals surface area contributed by atoms with Gasteiger partial charge in [0, 0.05) is 17.6 Å². The lowest BCUT2D eigenvalue weighted by molar-refractivity contribution is 0.573. The molecule has 1 fully saturated rings. The molecule has 0 heterocycles. The molecule has 21 heavy (non-hydrogen) atoms. The van der Waals surface area contributed by atoms with Gasteiger partial charge in [-0.2, -0.15) is 0 Å². The zero-order valence-electron chi connectivity index (χ0n) is 12.5. The molecule has 0 spiro atoms. The van der Waals surface area contributed by atoms with Crippen LogP contribution in [0.25, 0.3) is 0 Å². The van der Waals surface area contributed by atoms with Crippen LogP contribution in [0.15, 0.2) is 23.1 Å². The van der Waals surface area contributed by atoms with Crippen LogP contribution in [0, 0.1) is 5.92 Å². The van der Waals surface area contributed by atoms with Crippen molar-refractivity contribution in [2.75, 3.05) is 6.54 Å². The van der Waals surface area contributed by atoms with Crippen molar-refractivity contribution >= 4 is 21.6 Å². The summed E-state index contributed by atoms with van der Waals surface area (Å²) >= 11 is 6.11. The minimum Gasteiger partial charge on any atom is -0.313 e. The molecule has 1 aliphatic rings.